The number of methoxy groups -OCH3 is 1. The predicted octanol–water partition coefficient (Wildman–Crippen LogP) is 1.45. The van der Waals surface area contributed by atoms with Crippen LogP contribution in [0.25, 0.3) is 6.08 Å². The number of Topliss-reactive ketones (excluding diaryl/α,β-unsaturated/α-hetero) is 2. The molecule has 2 rings (SSSR count). The molecule has 1 aromatic carbocycles. The van der Waals surface area contributed by atoms with Gasteiger partial charge in [0.25, 0.3) is 0 Å². The third-order valence-corrected chi connectivity index (χ3v) is 2.92. The molecule has 1 unspecified atom stereocenters. The van der Waals surface area contributed by atoms with Crippen LogP contribution >= 0.6 is 0 Å². The van der Waals surface area contributed by atoms with Gasteiger partial charge in [-0.15, -0.1) is 0 Å². The van der Waals surface area contributed by atoms with Crippen LogP contribution in [0.3, 0.4) is 0 Å². The van der Waals surface area contributed by atoms with E-state index in [2.05, 4.69) is 4.74 Å². The van der Waals surface area contributed by atoms with Crippen LogP contribution in [-0.4, -0.2) is 29.6 Å². The SMILES string of the molecule is COC1=C(O)C(=O)C(C(=O)/C=C/c2ccccc2)C1=O. The van der Waals surface area contributed by atoms with Crippen molar-refractivity contribution in [2.75, 3.05) is 7.11 Å². The first-order valence-electron chi connectivity index (χ1n) is 5.89. The molecule has 0 bridgehead atoms. The van der Waals surface area contributed by atoms with Crippen molar-refractivity contribution in [3.63, 3.8) is 0 Å². The molecule has 0 fully saturated rings. The molecule has 20 heavy (non-hydrogen) atoms. The van der Waals surface area contributed by atoms with E-state index >= 15 is 0 Å². The van der Waals surface area contributed by atoms with Crippen LogP contribution in [0.15, 0.2) is 47.9 Å². The fourth-order valence-electron chi connectivity index (χ4n) is 1.91. The zero-order valence-electron chi connectivity index (χ0n) is 10.7. The van der Waals surface area contributed by atoms with E-state index in [1.165, 1.54) is 6.08 Å². The minimum atomic E-state index is -1.54. The molecule has 0 radical (unpaired) electrons. The lowest BCUT2D eigenvalue weighted by Gasteiger charge is -2.02. The monoisotopic (exact) mass is 272 g/mol. The van der Waals surface area contributed by atoms with Gasteiger partial charge in [0.15, 0.2) is 11.7 Å². The zero-order valence-corrected chi connectivity index (χ0v) is 10.7. The second-order valence-electron chi connectivity index (χ2n) is 4.19. The number of hydrogen-bond donors (Lipinski definition) is 1. The Labute approximate surface area is 115 Å². The molecule has 5 nitrogen and oxygen atoms in total. The van der Waals surface area contributed by atoms with Gasteiger partial charge in [-0.1, -0.05) is 36.4 Å². The largest absolute Gasteiger partial charge is 0.502 e. The molecule has 1 atom stereocenters. The first-order valence-corrected chi connectivity index (χ1v) is 5.89. The summed E-state index contributed by atoms with van der Waals surface area (Å²) >= 11 is 0. The Bertz CT molecular complexity index is 625. The molecule has 1 aromatic rings. The van der Waals surface area contributed by atoms with Crippen molar-refractivity contribution in [3.05, 3.63) is 53.5 Å². The smallest absolute Gasteiger partial charge is 0.220 e. The van der Waals surface area contributed by atoms with Gasteiger partial charge in [-0.2, -0.15) is 0 Å². The molecule has 0 saturated carbocycles. The topological polar surface area (TPSA) is 80.7 Å². The third-order valence-electron chi connectivity index (χ3n) is 2.92. The number of carbonyl (C=O) groups is 3. The summed E-state index contributed by atoms with van der Waals surface area (Å²) < 4.78 is 4.63. The Morgan fingerprint density at radius 1 is 1.20 bits per heavy atom. The van der Waals surface area contributed by atoms with E-state index in [0.717, 1.165) is 18.7 Å². The predicted molar refractivity (Wildman–Crippen MR) is 70.7 cm³/mol. The fraction of sp³-hybridized carbons (Fsp3) is 0.133. The van der Waals surface area contributed by atoms with Crippen molar-refractivity contribution < 1.29 is 24.2 Å². The van der Waals surface area contributed by atoms with Crippen LogP contribution in [0, 0.1) is 5.92 Å². The minimum Gasteiger partial charge on any atom is -0.502 e. The lowest BCUT2D eigenvalue weighted by atomic mass is 9.98. The van der Waals surface area contributed by atoms with Gasteiger partial charge < -0.3 is 9.84 Å². The highest BCUT2D eigenvalue weighted by molar-refractivity contribution is 6.34. The van der Waals surface area contributed by atoms with Gasteiger partial charge >= 0.3 is 0 Å². The quantitative estimate of drug-likeness (QED) is 0.662. The Kier molecular flexibility index (Phi) is 3.79. The van der Waals surface area contributed by atoms with Crippen LogP contribution < -0.4 is 0 Å². The van der Waals surface area contributed by atoms with Crippen molar-refractivity contribution in [1.29, 1.82) is 0 Å². The molecule has 1 aliphatic rings. The van der Waals surface area contributed by atoms with Gasteiger partial charge in [-0.3, -0.25) is 14.4 Å². The highest BCUT2D eigenvalue weighted by Crippen LogP contribution is 2.25. The molecule has 1 aliphatic carbocycles. The summed E-state index contributed by atoms with van der Waals surface area (Å²) in [5.41, 5.74) is 0.767. The lowest BCUT2D eigenvalue weighted by Crippen LogP contribution is -2.26. The van der Waals surface area contributed by atoms with E-state index in [4.69, 9.17) is 0 Å². The molecule has 0 heterocycles. The third kappa shape index (κ3) is 2.38. The molecule has 102 valence electrons. The Hall–Kier alpha value is -2.69. The first kappa shape index (κ1) is 13.7. The van der Waals surface area contributed by atoms with Crippen molar-refractivity contribution in [2.45, 2.75) is 0 Å². The minimum absolute atomic E-state index is 0.457. The number of benzene rings is 1. The van der Waals surface area contributed by atoms with Crippen molar-refractivity contribution in [3.8, 4) is 0 Å². The fourth-order valence-corrected chi connectivity index (χ4v) is 1.91. The van der Waals surface area contributed by atoms with Gasteiger partial charge in [0, 0.05) is 0 Å². The number of allylic oxidation sites excluding steroid dienone is 3. The van der Waals surface area contributed by atoms with Crippen LogP contribution in [0.2, 0.25) is 0 Å². The second kappa shape index (κ2) is 5.52. The highest BCUT2D eigenvalue weighted by atomic mass is 16.5. The summed E-state index contributed by atoms with van der Waals surface area (Å²) in [5.74, 6) is -5.19. The summed E-state index contributed by atoms with van der Waals surface area (Å²) in [7, 11) is 1.16. The molecular formula is C15H12O5. The maximum atomic E-state index is 11.9. The molecule has 0 saturated heterocycles. The van der Waals surface area contributed by atoms with Gasteiger partial charge in [-0.05, 0) is 11.6 Å². The second-order valence-corrected chi connectivity index (χ2v) is 4.19. The van der Waals surface area contributed by atoms with Gasteiger partial charge in [0.05, 0.1) is 7.11 Å². The number of aliphatic hydroxyl groups is 1. The summed E-state index contributed by atoms with van der Waals surface area (Å²) in [6.07, 6.45) is 2.66. The van der Waals surface area contributed by atoms with E-state index in [1.807, 2.05) is 6.07 Å². The van der Waals surface area contributed by atoms with E-state index in [9.17, 15) is 19.5 Å². The maximum absolute atomic E-state index is 11.9. The van der Waals surface area contributed by atoms with Crippen LogP contribution in [-0.2, 0) is 19.1 Å². The van der Waals surface area contributed by atoms with Crippen LogP contribution in [0.1, 0.15) is 5.56 Å². The van der Waals surface area contributed by atoms with E-state index in [-0.39, 0.29) is 0 Å². The summed E-state index contributed by atoms with van der Waals surface area (Å²) in [6, 6.07) is 8.98. The average Bonchev–Trinajstić information content (AvgIpc) is 2.67. The molecule has 5 heteroatoms. The molecule has 1 N–H and O–H groups in total. The van der Waals surface area contributed by atoms with Gasteiger partial charge in [0.1, 0.15) is 0 Å². The number of rotatable bonds is 4. The van der Waals surface area contributed by atoms with E-state index in [0.29, 0.717) is 0 Å². The molecular weight excluding hydrogens is 260 g/mol. The van der Waals surface area contributed by atoms with Crippen LogP contribution in [0.5, 0.6) is 0 Å². The number of ketones is 3. The van der Waals surface area contributed by atoms with Crippen molar-refractivity contribution >= 4 is 23.4 Å². The number of carbonyl (C=O) groups excluding carboxylic acids is 3. The van der Waals surface area contributed by atoms with Gasteiger partial charge in [-0.25, -0.2) is 0 Å². The average molecular weight is 272 g/mol. The van der Waals surface area contributed by atoms with Gasteiger partial charge in [0.2, 0.25) is 23.1 Å². The van der Waals surface area contributed by atoms with E-state index < -0.39 is 34.8 Å². The number of aliphatic hydroxyl groups excluding tert-OH is 1. The van der Waals surface area contributed by atoms with Crippen molar-refractivity contribution in [1.82, 2.24) is 0 Å². The number of hydrogen-bond acceptors (Lipinski definition) is 5. The lowest BCUT2D eigenvalue weighted by molar-refractivity contribution is -0.134. The highest BCUT2D eigenvalue weighted by Gasteiger charge is 2.46. The van der Waals surface area contributed by atoms with Crippen molar-refractivity contribution in [2.24, 2.45) is 5.92 Å². The molecule has 0 spiro atoms. The summed E-state index contributed by atoms with van der Waals surface area (Å²) in [6.45, 7) is 0. The summed E-state index contributed by atoms with van der Waals surface area (Å²) in [5, 5.41) is 9.44. The maximum Gasteiger partial charge on any atom is 0.220 e. The zero-order chi connectivity index (χ0) is 14.7. The normalized spacial score (nSPS) is 18.9. The van der Waals surface area contributed by atoms with E-state index in [1.54, 1.807) is 24.3 Å². The molecule has 0 aromatic heterocycles. The molecule has 0 amide bonds. The Morgan fingerprint density at radius 3 is 2.40 bits per heavy atom. The van der Waals surface area contributed by atoms with Crippen LogP contribution in [0.4, 0.5) is 0 Å². The first-order chi connectivity index (χ1) is 9.56. The molecule has 0 aliphatic heterocycles. The number of ether oxygens (including phenoxy) is 1. The Balaban J connectivity index is 2.18. The standard InChI is InChI=1S/C15H12O5/c1-20-15-13(18)11(12(17)14(15)19)10(16)8-7-9-5-3-2-4-6-9/h2-8,11,19H,1H3/b8-7+. The summed E-state index contributed by atoms with van der Waals surface area (Å²) in [4.78, 5) is 35.4. The Morgan fingerprint density at radius 2 is 1.85 bits per heavy atom.